The molecule has 12 heteroatoms. The molecule has 0 amide bonds. The largest absolute Gasteiger partial charge is 0.399 e. The van der Waals surface area contributed by atoms with Gasteiger partial charge in [0.25, 0.3) is 13.9 Å². The number of hydrogen-bond acceptors (Lipinski definition) is 7. The number of azide groups is 1. The van der Waals surface area contributed by atoms with E-state index in [9.17, 15) is 9.59 Å². The third-order valence-electron chi connectivity index (χ3n) is 8.84. The molecule has 1 aliphatic rings. The Kier molecular flexibility index (Phi) is 11.5. The fraction of sp³-hybridized carbons (Fsp3) is 0.389. The molecule has 1 unspecified atom stereocenters. The number of rotatable bonds is 14. The molecule has 1 aromatic heterocycles. The van der Waals surface area contributed by atoms with Crippen LogP contribution in [0.25, 0.3) is 10.4 Å². The summed E-state index contributed by atoms with van der Waals surface area (Å²) in [7, 11) is -1.60. The quantitative estimate of drug-likeness (QED) is 0.0654. The SMILES string of the molecule is CO[C@@H]1[C@H](O[Si](c2ccccc2)(c2ccccc2)C(C)(C)C)[C@@H](C(CCCN=[N+]=[N-])OCc2ccccc2)O[C@H]1n1ccc(=O)[nH]c1=O. The van der Waals surface area contributed by atoms with Gasteiger partial charge in [-0.3, -0.25) is 14.3 Å². The molecular formula is C36H43N5O6Si. The standard InChI is InChI=1S/C36H43N5O6Si/c1-36(2,3)48(27-17-10-6-11-18-27,28-19-12-7-13-20-28)47-32-31(46-34(33(32)44-4)41-24-22-30(42)39-35(41)43)29(21-14-23-38-40-37)45-25-26-15-8-5-9-16-26/h5-13,15-20,22,24,29,31-34H,14,21,23,25H2,1-4H3,(H,39,42,43)/t29?,31-,32-,33-,34-/m1/s1. The number of aromatic amines is 1. The van der Waals surface area contributed by atoms with Crippen molar-refractivity contribution >= 4 is 18.7 Å². The number of H-pyrrole nitrogens is 1. The van der Waals surface area contributed by atoms with Crippen molar-refractivity contribution < 1.29 is 18.6 Å². The zero-order valence-electron chi connectivity index (χ0n) is 27.8. The van der Waals surface area contributed by atoms with Gasteiger partial charge in [-0.25, -0.2) is 4.79 Å². The summed E-state index contributed by atoms with van der Waals surface area (Å²) in [4.78, 5) is 30.5. The first kappa shape index (κ1) is 35.0. The zero-order valence-corrected chi connectivity index (χ0v) is 28.8. The molecule has 0 bridgehead atoms. The molecule has 48 heavy (non-hydrogen) atoms. The molecule has 0 spiro atoms. The van der Waals surface area contributed by atoms with E-state index in [1.54, 1.807) is 7.11 Å². The Labute approximate surface area is 281 Å². The summed E-state index contributed by atoms with van der Waals surface area (Å²) in [5, 5.41) is 5.53. The molecule has 3 aromatic carbocycles. The summed E-state index contributed by atoms with van der Waals surface area (Å²) >= 11 is 0. The van der Waals surface area contributed by atoms with Crippen molar-refractivity contribution in [3.63, 3.8) is 0 Å². The van der Waals surface area contributed by atoms with Crippen molar-refractivity contribution in [3.05, 3.63) is 140 Å². The number of nitrogens with one attached hydrogen (secondary N) is 1. The second-order valence-electron chi connectivity index (χ2n) is 12.9. The van der Waals surface area contributed by atoms with Crippen LogP contribution in [0, 0.1) is 0 Å². The van der Waals surface area contributed by atoms with E-state index in [1.807, 2.05) is 66.7 Å². The Morgan fingerprint density at radius 2 is 1.54 bits per heavy atom. The lowest BCUT2D eigenvalue weighted by Crippen LogP contribution is -2.69. The first-order chi connectivity index (χ1) is 23.2. The molecule has 1 fully saturated rings. The van der Waals surface area contributed by atoms with E-state index >= 15 is 0 Å². The normalized spacial score (nSPS) is 20.2. The van der Waals surface area contributed by atoms with Crippen molar-refractivity contribution in [1.29, 1.82) is 0 Å². The number of aromatic nitrogens is 2. The third-order valence-corrected chi connectivity index (χ3v) is 13.9. The molecular weight excluding hydrogens is 627 g/mol. The molecule has 1 saturated heterocycles. The number of benzene rings is 3. The van der Waals surface area contributed by atoms with Gasteiger partial charge in [-0.05, 0) is 39.3 Å². The molecule has 1 aliphatic heterocycles. The summed E-state index contributed by atoms with van der Waals surface area (Å²) in [6.45, 7) is 7.17. The Bertz CT molecular complexity index is 1730. The van der Waals surface area contributed by atoms with Gasteiger partial charge in [-0.1, -0.05) is 117 Å². The highest BCUT2D eigenvalue weighted by Gasteiger charge is 2.58. The van der Waals surface area contributed by atoms with Crippen molar-refractivity contribution in [1.82, 2.24) is 9.55 Å². The van der Waals surface area contributed by atoms with E-state index in [1.165, 1.54) is 16.8 Å². The van der Waals surface area contributed by atoms with E-state index in [-0.39, 0.29) is 11.6 Å². The second-order valence-corrected chi connectivity index (χ2v) is 17.1. The molecule has 1 N–H and O–H groups in total. The van der Waals surface area contributed by atoms with E-state index in [4.69, 9.17) is 24.2 Å². The van der Waals surface area contributed by atoms with Gasteiger partial charge in [-0.15, -0.1) is 0 Å². The summed E-state index contributed by atoms with van der Waals surface area (Å²) in [5.74, 6) is 0. The molecule has 5 rings (SSSR count). The van der Waals surface area contributed by atoms with Gasteiger partial charge in [-0.2, -0.15) is 0 Å². The predicted molar refractivity (Wildman–Crippen MR) is 187 cm³/mol. The van der Waals surface area contributed by atoms with Crippen molar-refractivity contribution in [2.75, 3.05) is 13.7 Å². The van der Waals surface area contributed by atoms with Gasteiger partial charge in [0.05, 0.1) is 12.7 Å². The van der Waals surface area contributed by atoms with E-state index < -0.39 is 50.2 Å². The average molecular weight is 670 g/mol. The van der Waals surface area contributed by atoms with E-state index in [2.05, 4.69) is 60.0 Å². The highest BCUT2D eigenvalue weighted by atomic mass is 28.4. The van der Waals surface area contributed by atoms with Gasteiger partial charge in [0.15, 0.2) is 6.23 Å². The van der Waals surface area contributed by atoms with Crippen LogP contribution in [0.5, 0.6) is 0 Å². The minimum atomic E-state index is -3.17. The summed E-state index contributed by atoms with van der Waals surface area (Å²) in [5.41, 5.74) is 8.79. The van der Waals surface area contributed by atoms with Crippen LogP contribution in [0.4, 0.5) is 0 Å². The highest BCUT2D eigenvalue weighted by Crippen LogP contribution is 2.43. The number of nitrogens with zero attached hydrogens (tertiary/aromatic N) is 4. The average Bonchev–Trinajstić information content (AvgIpc) is 3.44. The molecule has 0 radical (unpaired) electrons. The summed E-state index contributed by atoms with van der Waals surface area (Å²) < 4.78 is 28.6. The third kappa shape index (κ3) is 7.54. The maximum Gasteiger partial charge on any atom is 0.330 e. The topological polar surface area (TPSA) is 141 Å². The van der Waals surface area contributed by atoms with Crippen LogP contribution in [-0.4, -0.2) is 55.9 Å². The molecule has 0 saturated carbocycles. The molecule has 4 aromatic rings. The van der Waals surface area contributed by atoms with Gasteiger partial charge in [0.2, 0.25) is 0 Å². The van der Waals surface area contributed by atoms with Crippen LogP contribution in [0.1, 0.15) is 45.4 Å². The maximum atomic E-state index is 13.2. The van der Waals surface area contributed by atoms with Crippen LogP contribution >= 0.6 is 0 Å². The Hall–Kier alpha value is -4.29. The van der Waals surface area contributed by atoms with Gasteiger partial charge in [0.1, 0.15) is 18.3 Å². The monoisotopic (exact) mass is 669 g/mol. The second kappa shape index (κ2) is 15.7. The smallest absolute Gasteiger partial charge is 0.330 e. The first-order valence-corrected chi connectivity index (χ1v) is 18.1. The fourth-order valence-corrected chi connectivity index (χ4v) is 11.3. The van der Waals surface area contributed by atoms with E-state index in [0.29, 0.717) is 19.4 Å². The summed E-state index contributed by atoms with van der Waals surface area (Å²) in [6.07, 6.45) is -1.23. The van der Waals surface area contributed by atoms with Crippen molar-refractivity contribution in [2.24, 2.45) is 5.11 Å². The number of methoxy groups -OCH3 is 1. The van der Waals surface area contributed by atoms with Crippen molar-refractivity contribution in [3.8, 4) is 0 Å². The molecule has 2 heterocycles. The maximum absolute atomic E-state index is 13.2. The summed E-state index contributed by atoms with van der Waals surface area (Å²) in [6, 6.07) is 31.7. The van der Waals surface area contributed by atoms with Crippen LogP contribution in [0.2, 0.25) is 5.04 Å². The minimum absolute atomic E-state index is 0.283. The molecule has 11 nitrogen and oxygen atoms in total. The van der Waals surface area contributed by atoms with Gasteiger partial charge < -0.3 is 18.6 Å². The first-order valence-electron chi connectivity index (χ1n) is 16.1. The van der Waals surface area contributed by atoms with Crippen LogP contribution < -0.4 is 21.6 Å². The molecule has 5 atom stereocenters. The number of ether oxygens (including phenoxy) is 3. The van der Waals surface area contributed by atoms with Crippen LogP contribution in [-0.2, 0) is 25.2 Å². The lowest BCUT2D eigenvalue weighted by molar-refractivity contribution is -0.115. The predicted octanol–water partition coefficient (Wildman–Crippen LogP) is 5.07. The molecule has 0 aliphatic carbocycles. The van der Waals surface area contributed by atoms with Crippen molar-refractivity contribution in [2.45, 2.75) is 75.9 Å². The zero-order chi connectivity index (χ0) is 34.1. The number of hydrogen-bond donors (Lipinski definition) is 1. The van der Waals surface area contributed by atoms with Gasteiger partial charge in [0, 0.05) is 30.8 Å². The van der Waals surface area contributed by atoms with Gasteiger partial charge >= 0.3 is 5.69 Å². The van der Waals surface area contributed by atoms with E-state index in [0.717, 1.165) is 15.9 Å². The highest BCUT2D eigenvalue weighted by molar-refractivity contribution is 6.99. The minimum Gasteiger partial charge on any atom is -0.399 e. The Balaban J connectivity index is 1.67. The van der Waals surface area contributed by atoms with Crippen LogP contribution in [0.3, 0.4) is 0 Å². The lowest BCUT2D eigenvalue weighted by Gasteiger charge is -2.46. The van der Waals surface area contributed by atoms with Crippen LogP contribution in [0.15, 0.2) is 118 Å². The fourth-order valence-electron chi connectivity index (χ4n) is 6.62. The Morgan fingerprint density at radius 3 is 2.08 bits per heavy atom. The lowest BCUT2D eigenvalue weighted by atomic mass is 10.0. The Morgan fingerprint density at radius 1 is 0.938 bits per heavy atom. The molecule has 252 valence electrons.